The van der Waals surface area contributed by atoms with Crippen LogP contribution in [0.1, 0.15) is 39.4 Å². The predicted octanol–water partition coefficient (Wildman–Crippen LogP) is 6.73. The number of nitrogens with one attached hydrogen (secondary N) is 1. The number of benzene rings is 4. The van der Waals surface area contributed by atoms with Crippen LogP contribution >= 0.6 is 0 Å². The molecule has 1 aliphatic rings. The van der Waals surface area contributed by atoms with Crippen LogP contribution in [0.3, 0.4) is 0 Å². The van der Waals surface area contributed by atoms with Crippen LogP contribution in [-0.2, 0) is 16.0 Å². The van der Waals surface area contributed by atoms with Gasteiger partial charge in [0, 0.05) is 24.3 Å². The van der Waals surface area contributed by atoms with E-state index in [0.29, 0.717) is 17.7 Å². The highest BCUT2D eigenvalue weighted by Crippen LogP contribution is 2.40. The van der Waals surface area contributed by atoms with Crippen molar-refractivity contribution < 1.29 is 14.3 Å². The van der Waals surface area contributed by atoms with Crippen molar-refractivity contribution >= 4 is 18.0 Å². The van der Waals surface area contributed by atoms with E-state index in [-0.39, 0.29) is 12.3 Å². The van der Waals surface area contributed by atoms with Crippen LogP contribution in [0.4, 0.5) is 0 Å². The van der Waals surface area contributed by atoms with Gasteiger partial charge in [-0.15, -0.1) is 0 Å². The molecule has 4 nitrogen and oxygen atoms in total. The third kappa shape index (κ3) is 5.65. The summed E-state index contributed by atoms with van der Waals surface area (Å²) in [6.07, 6.45) is 6.73. The number of carbonyl (C=O) groups excluding carboxylic acids is 2. The van der Waals surface area contributed by atoms with E-state index < -0.39 is 17.4 Å². The largest absolute Gasteiger partial charge is 0.429 e. The first-order valence-corrected chi connectivity index (χ1v) is 12.7. The number of hydrogen-bond donors (Lipinski definition) is 1. The van der Waals surface area contributed by atoms with E-state index in [9.17, 15) is 9.59 Å². The van der Waals surface area contributed by atoms with Crippen LogP contribution in [0.2, 0.25) is 0 Å². The van der Waals surface area contributed by atoms with Crippen molar-refractivity contribution in [1.82, 2.24) is 5.32 Å². The molecule has 4 aromatic rings. The quantitative estimate of drug-likeness (QED) is 0.274. The molecule has 0 spiro atoms. The number of rotatable bonds is 8. The molecule has 2 atom stereocenters. The number of amides is 1. The van der Waals surface area contributed by atoms with E-state index >= 15 is 0 Å². The van der Waals surface area contributed by atoms with Crippen molar-refractivity contribution in [2.24, 2.45) is 0 Å². The molecule has 0 saturated carbocycles. The predicted molar refractivity (Wildman–Crippen MR) is 150 cm³/mol. The molecule has 1 heterocycles. The summed E-state index contributed by atoms with van der Waals surface area (Å²) >= 11 is 0. The molecular weight excluding hydrogens is 470 g/mol. The minimum atomic E-state index is -1.33. The van der Waals surface area contributed by atoms with Crippen LogP contribution < -0.4 is 5.32 Å². The first-order valence-electron chi connectivity index (χ1n) is 12.7. The summed E-state index contributed by atoms with van der Waals surface area (Å²) in [4.78, 5) is 27.5. The molecule has 1 amide bonds. The molecule has 5 rings (SSSR count). The number of hydrogen-bond acceptors (Lipinski definition) is 3. The van der Waals surface area contributed by atoms with Crippen LogP contribution in [0.15, 0.2) is 139 Å². The van der Waals surface area contributed by atoms with Gasteiger partial charge in [-0.1, -0.05) is 121 Å². The standard InChI is InChI=1S/C34H29NO3/c36-32(29-21-11-4-12-22-29)35-34(25-27-16-7-2-8-17-27)31(28-19-9-3-10-20-28)24-30(38-33(34)37)23-13-18-26-14-5-1-6-15-26/h1-22,24,31H,23,25H2,(H,35,36)/b18-13+/t31-,34+/m1/s1. The van der Waals surface area contributed by atoms with Gasteiger partial charge >= 0.3 is 5.97 Å². The highest BCUT2D eigenvalue weighted by Gasteiger charge is 2.51. The Bertz CT molecular complexity index is 1430. The van der Waals surface area contributed by atoms with Crippen LogP contribution in [0.25, 0.3) is 6.08 Å². The molecule has 0 saturated heterocycles. The van der Waals surface area contributed by atoms with Gasteiger partial charge in [0.05, 0.1) is 0 Å². The van der Waals surface area contributed by atoms with Gasteiger partial charge in [0.1, 0.15) is 5.76 Å². The van der Waals surface area contributed by atoms with Gasteiger partial charge in [-0.05, 0) is 34.9 Å². The summed E-state index contributed by atoms with van der Waals surface area (Å²) in [5.74, 6) is -0.656. The Morgan fingerprint density at radius 3 is 2.03 bits per heavy atom. The minimum absolute atomic E-state index is 0.286. The van der Waals surface area contributed by atoms with Gasteiger partial charge < -0.3 is 10.1 Å². The van der Waals surface area contributed by atoms with E-state index in [2.05, 4.69) is 5.32 Å². The number of cyclic esters (lactones) is 1. The zero-order valence-electron chi connectivity index (χ0n) is 21.0. The third-order valence-electron chi connectivity index (χ3n) is 6.76. The lowest BCUT2D eigenvalue weighted by Gasteiger charge is -2.41. The second-order valence-electron chi connectivity index (χ2n) is 9.38. The molecule has 4 heteroatoms. The summed E-state index contributed by atoms with van der Waals surface area (Å²) in [6.45, 7) is 0. The number of carbonyl (C=O) groups is 2. The Balaban J connectivity index is 1.55. The monoisotopic (exact) mass is 499 g/mol. The second-order valence-corrected chi connectivity index (χ2v) is 9.38. The summed E-state index contributed by atoms with van der Waals surface area (Å²) in [6, 6.07) is 38.5. The van der Waals surface area contributed by atoms with Crippen LogP contribution in [-0.4, -0.2) is 17.4 Å². The fraction of sp³-hybridized carbons (Fsp3) is 0.118. The SMILES string of the molecule is O=C(N[C@]1(Cc2ccccc2)C(=O)OC(C/C=C/c2ccccc2)=C[C@@H]1c1ccccc1)c1ccccc1. The maximum Gasteiger partial charge on any atom is 0.338 e. The van der Waals surface area contributed by atoms with E-state index in [1.54, 1.807) is 12.1 Å². The zero-order chi connectivity index (χ0) is 26.2. The molecule has 1 N–H and O–H groups in total. The smallest absolute Gasteiger partial charge is 0.338 e. The average Bonchev–Trinajstić information content (AvgIpc) is 2.97. The molecule has 0 unspecified atom stereocenters. The normalized spacial score (nSPS) is 19.0. The molecule has 38 heavy (non-hydrogen) atoms. The molecule has 188 valence electrons. The summed E-state index contributed by atoms with van der Waals surface area (Å²) in [5, 5.41) is 3.12. The van der Waals surface area contributed by atoms with Crippen molar-refractivity contribution in [1.29, 1.82) is 0 Å². The molecule has 1 aliphatic heterocycles. The molecule has 0 radical (unpaired) electrons. The lowest BCUT2D eigenvalue weighted by molar-refractivity contribution is -0.149. The van der Waals surface area contributed by atoms with Crippen LogP contribution in [0.5, 0.6) is 0 Å². The third-order valence-corrected chi connectivity index (χ3v) is 6.76. The van der Waals surface area contributed by atoms with Crippen molar-refractivity contribution in [3.8, 4) is 0 Å². The number of esters is 1. The van der Waals surface area contributed by atoms with Gasteiger partial charge in [0.2, 0.25) is 0 Å². The summed E-state index contributed by atoms with van der Waals surface area (Å²) in [5.41, 5.74) is 2.09. The summed E-state index contributed by atoms with van der Waals surface area (Å²) in [7, 11) is 0. The van der Waals surface area contributed by atoms with Crippen LogP contribution in [0, 0.1) is 0 Å². The lowest BCUT2D eigenvalue weighted by atomic mass is 9.73. The lowest BCUT2D eigenvalue weighted by Crippen LogP contribution is -2.61. The Hall–Kier alpha value is -4.70. The van der Waals surface area contributed by atoms with Crippen molar-refractivity contribution in [2.75, 3.05) is 0 Å². The second kappa shape index (κ2) is 11.6. The highest BCUT2D eigenvalue weighted by atomic mass is 16.5. The highest BCUT2D eigenvalue weighted by molar-refractivity contribution is 5.99. The Kier molecular flexibility index (Phi) is 7.60. The first-order chi connectivity index (χ1) is 18.6. The summed E-state index contributed by atoms with van der Waals surface area (Å²) < 4.78 is 5.96. The topological polar surface area (TPSA) is 55.4 Å². The Morgan fingerprint density at radius 1 is 0.789 bits per heavy atom. The first kappa shape index (κ1) is 25.0. The van der Waals surface area contributed by atoms with Gasteiger partial charge in [-0.2, -0.15) is 0 Å². The van der Waals surface area contributed by atoms with Gasteiger partial charge in [0.15, 0.2) is 5.54 Å². The minimum Gasteiger partial charge on any atom is -0.429 e. The van der Waals surface area contributed by atoms with E-state index in [1.165, 1.54) is 0 Å². The van der Waals surface area contributed by atoms with Gasteiger partial charge in [0.25, 0.3) is 5.91 Å². The number of ether oxygens (including phenoxy) is 1. The van der Waals surface area contributed by atoms with E-state index in [1.807, 2.05) is 127 Å². The van der Waals surface area contributed by atoms with Gasteiger partial charge in [-0.3, -0.25) is 4.79 Å². The average molecular weight is 500 g/mol. The van der Waals surface area contributed by atoms with Crippen molar-refractivity contribution in [2.45, 2.75) is 24.3 Å². The molecular formula is C34H29NO3. The Morgan fingerprint density at radius 2 is 1.37 bits per heavy atom. The number of allylic oxidation sites excluding steroid dienone is 1. The van der Waals surface area contributed by atoms with E-state index in [0.717, 1.165) is 16.7 Å². The van der Waals surface area contributed by atoms with Gasteiger partial charge in [-0.25, -0.2) is 4.79 Å². The molecule has 0 aromatic heterocycles. The maximum absolute atomic E-state index is 14.0. The molecule has 0 fully saturated rings. The molecule has 0 bridgehead atoms. The molecule has 0 aliphatic carbocycles. The molecule has 4 aromatic carbocycles. The Labute approximate surface area is 223 Å². The van der Waals surface area contributed by atoms with E-state index in [4.69, 9.17) is 4.74 Å². The zero-order valence-corrected chi connectivity index (χ0v) is 21.0. The van der Waals surface area contributed by atoms with Crippen molar-refractivity contribution in [3.63, 3.8) is 0 Å². The maximum atomic E-state index is 14.0. The fourth-order valence-electron chi connectivity index (χ4n) is 4.86. The van der Waals surface area contributed by atoms with Crippen molar-refractivity contribution in [3.05, 3.63) is 161 Å². The fourth-order valence-corrected chi connectivity index (χ4v) is 4.86.